The minimum atomic E-state index is -0.405. The van der Waals surface area contributed by atoms with Crippen molar-refractivity contribution >= 4 is 60.3 Å². The van der Waals surface area contributed by atoms with E-state index in [4.69, 9.17) is 18.9 Å². The van der Waals surface area contributed by atoms with Gasteiger partial charge >= 0.3 is 0 Å². The first-order valence-electron chi connectivity index (χ1n) is 15.7. The second kappa shape index (κ2) is 28.8. The highest BCUT2D eigenvalue weighted by molar-refractivity contribution is 9.26. The molecule has 10 heteroatoms. The molecule has 38 heavy (non-hydrogen) atoms. The standard InChI is InChI=1S/C28H62O4S4Si2/c1-7-13-25-37-27(29-19-9-3,30-20-10-4)17-15-23-33-35-36-34-24-16-18-28(31-21-11-5,32-22-12-6)38-26-14-8-2/h7-26,37-38H2,1-6H3. The third kappa shape index (κ3) is 21.4. The summed E-state index contributed by atoms with van der Waals surface area (Å²) < 4.78 is 25.6. The monoisotopic (exact) mass is 646 g/mol. The molecule has 0 spiro atoms. The van der Waals surface area contributed by atoms with E-state index in [1.54, 1.807) is 0 Å². The maximum Gasteiger partial charge on any atom is 0.145 e. The Bertz CT molecular complexity index is 438. The van der Waals surface area contributed by atoms with Crippen LogP contribution in [0.1, 0.15) is 119 Å². The van der Waals surface area contributed by atoms with E-state index in [0.29, 0.717) is 0 Å². The molecule has 0 atom stereocenters. The molecule has 0 aromatic rings. The first kappa shape index (κ1) is 39.7. The number of ether oxygens (including phenoxy) is 4. The molecule has 0 aromatic heterocycles. The minimum absolute atomic E-state index is 0.235. The lowest BCUT2D eigenvalue weighted by Gasteiger charge is -2.34. The molecule has 4 nitrogen and oxygen atoms in total. The fourth-order valence-electron chi connectivity index (χ4n) is 4.26. The Balaban J connectivity index is 4.38. The van der Waals surface area contributed by atoms with Gasteiger partial charge < -0.3 is 18.9 Å². The predicted molar refractivity (Wildman–Crippen MR) is 186 cm³/mol. The third-order valence-electron chi connectivity index (χ3n) is 6.29. The fraction of sp³-hybridized carbons (Fsp3) is 1.00. The smallest absolute Gasteiger partial charge is 0.145 e. The molecule has 0 saturated carbocycles. The van der Waals surface area contributed by atoms with Gasteiger partial charge in [-0.3, -0.25) is 0 Å². The van der Waals surface area contributed by atoms with Crippen molar-refractivity contribution in [1.82, 2.24) is 0 Å². The summed E-state index contributed by atoms with van der Waals surface area (Å²) in [6, 6.07) is 2.65. The summed E-state index contributed by atoms with van der Waals surface area (Å²) >= 11 is 0. The van der Waals surface area contributed by atoms with Gasteiger partial charge in [-0.25, -0.2) is 0 Å². The lowest BCUT2D eigenvalue weighted by Crippen LogP contribution is -2.43. The van der Waals surface area contributed by atoms with E-state index in [0.717, 1.165) is 76.5 Å². The van der Waals surface area contributed by atoms with E-state index >= 15 is 0 Å². The van der Waals surface area contributed by atoms with Crippen molar-refractivity contribution in [1.29, 1.82) is 0 Å². The van der Waals surface area contributed by atoms with E-state index in [9.17, 15) is 0 Å². The van der Waals surface area contributed by atoms with Gasteiger partial charge in [0.05, 0.1) is 19.0 Å². The number of hydrogen-bond acceptors (Lipinski definition) is 8. The lowest BCUT2D eigenvalue weighted by atomic mass is 10.3. The van der Waals surface area contributed by atoms with Crippen molar-refractivity contribution < 1.29 is 18.9 Å². The summed E-state index contributed by atoms with van der Waals surface area (Å²) in [6.45, 7) is 16.7. The van der Waals surface area contributed by atoms with Crippen LogP contribution in [-0.2, 0) is 18.9 Å². The molecule has 0 rings (SSSR count). The summed E-state index contributed by atoms with van der Waals surface area (Å²) in [7, 11) is 7.04. The number of rotatable bonds is 31. The zero-order valence-electron chi connectivity index (χ0n) is 25.8. The Hall–Kier alpha value is 1.67. The molecule has 0 saturated heterocycles. The SMILES string of the molecule is CCCC[SiH2]C(CCCSSSSCCCC(OCCC)(OCCC)[SiH2]CCCC)(OCCC)OCCC. The van der Waals surface area contributed by atoms with Crippen molar-refractivity contribution in [3.8, 4) is 0 Å². The van der Waals surface area contributed by atoms with Crippen molar-refractivity contribution in [2.45, 2.75) is 142 Å². The second-order valence-corrected chi connectivity index (χ2v) is 20.9. The minimum Gasteiger partial charge on any atom is -0.354 e. The zero-order valence-corrected chi connectivity index (χ0v) is 31.9. The molecule has 230 valence electrons. The Labute approximate surface area is 257 Å². The quantitative estimate of drug-likeness (QED) is 0.0320. The van der Waals surface area contributed by atoms with Gasteiger partial charge in [0.25, 0.3) is 0 Å². The van der Waals surface area contributed by atoms with Crippen LogP contribution in [0, 0.1) is 0 Å². The number of hydrogen-bond donors (Lipinski definition) is 0. The van der Waals surface area contributed by atoms with Crippen LogP contribution in [0.25, 0.3) is 0 Å². The molecule has 0 bridgehead atoms. The second-order valence-electron chi connectivity index (χ2n) is 10.1. The van der Waals surface area contributed by atoms with Crippen LogP contribution in [-0.4, -0.2) is 67.8 Å². The van der Waals surface area contributed by atoms with Gasteiger partial charge in [-0.2, -0.15) is 0 Å². The molecular formula is C28H62O4S4Si2. The average Bonchev–Trinajstić information content (AvgIpc) is 2.93. The molecular weight excluding hydrogens is 585 g/mol. The van der Waals surface area contributed by atoms with Crippen molar-refractivity contribution in [3.63, 3.8) is 0 Å². The molecule has 0 aliphatic heterocycles. The Morgan fingerprint density at radius 1 is 0.474 bits per heavy atom. The van der Waals surface area contributed by atoms with Gasteiger partial charge in [0, 0.05) is 37.9 Å². The summed E-state index contributed by atoms with van der Waals surface area (Å²) in [5.74, 6) is 2.32. The van der Waals surface area contributed by atoms with Crippen LogP contribution in [0.3, 0.4) is 0 Å². The lowest BCUT2D eigenvalue weighted by molar-refractivity contribution is -0.185. The Morgan fingerprint density at radius 2 is 0.816 bits per heavy atom. The largest absolute Gasteiger partial charge is 0.354 e. The highest BCUT2D eigenvalue weighted by atomic mass is 33.7. The van der Waals surface area contributed by atoms with E-state index in [1.807, 2.05) is 41.2 Å². The topological polar surface area (TPSA) is 36.9 Å². The highest BCUT2D eigenvalue weighted by Crippen LogP contribution is 2.44. The van der Waals surface area contributed by atoms with Gasteiger partial charge in [0.2, 0.25) is 0 Å². The Morgan fingerprint density at radius 3 is 1.11 bits per heavy atom. The predicted octanol–water partition coefficient (Wildman–Crippen LogP) is 9.01. The average molecular weight is 647 g/mol. The molecule has 0 N–H and O–H groups in total. The van der Waals surface area contributed by atoms with Crippen molar-refractivity contribution in [3.05, 3.63) is 0 Å². The number of unbranched alkanes of at least 4 members (excludes halogenated alkanes) is 2. The first-order chi connectivity index (χ1) is 18.6. The van der Waals surface area contributed by atoms with Crippen molar-refractivity contribution in [2.24, 2.45) is 0 Å². The maximum atomic E-state index is 6.40. The summed E-state index contributed by atoms with van der Waals surface area (Å²) in [4.78, 5) is 0. The van der Waals surface area contributed by atoms with Crippen LogP contribution < -0.4 is 0 Å². The van der Waals surface area contributed by atoms with Crippen LogP contribution in [0.15, 0.2) is 0 Å². The van der Waals surface area contributed by atoms with Gasteiger partial charge in [-0.05, 0) is 71.0 Å². The van der Waals surface area contributed by atoms with Gasteiger partial charge in [-0.1, -0.05) is 101 Å². The van der Waals surface area contributed by atoms with E-state index < -0.39 is 19.0 Å². The summed E-state index contributed by atoms with van der Waals surface area (Å²) in [6.07, 6.45) is 13.9. The first-order valence-corrected chi connectivity index (χ1v) is 24.3. The van der Waals surface area contributed by atoms with Gasteiger partial charge in [-0.15, -0.1) is 0 Å². The maximum absolute atomic E-state index is 6.40. The molecule has 0 aromatic carbocycles. The van der Waals surface area contributed by atoms with Crippen LogP contribution in [0.5, 0.6) is 0 Å². The summed E-state index contributed by atoms with van der Waals surface area (Å²) in [5, 5.41) is 0. The highest BCUT2D eigenvalue weighted by Gasteiger charge is 2.32. The van der Waals surface area contributed by atoms with E-state index in [1.165, 1.54) is 50.6 Å². The van der Waals surface area contributed by atoms with Crippen LogP contribution in [0.2, 0.25) is 12.1 Å². The van der Waals surface area contributed by atoms with Crippen LogP contribution in [0.4, 0.5) is 0 Å². The summed E-state index contributed by atoms with van der Waals surface area (Å²) in [5.41, 5.74) is -0.470. The molecule has 0 unspecified atom stereocenters. The molecule has 0 radical (unpaired) electrons. The zero-order chi connectivity index (χ0) is 28.2. The van der Waals surface area contributed by atoms with Gasteiger partial charge in [0.1, 0.15) is 10.8 Å². The molecule has 0 heterocycles. The van der Waals surface area contributed by atoms with Gasteiger partial charge in [0.15, 0.2) is 0 Å². The van der Waals surface area contributed by atoms with Crippen molar-refractivity contribution in [2.75, 3.05) is 37.9 Å². The van der Waals surface area contributed by atoms with E-state index in [2.05, 4.69) is 41.5 Å². The fourth-order valence-corrected chi connectivity index (χ4v) is 15.1. The third-order valence-corrected chi connectivity index (χ3v) is 17.7. The van der Waals surface area contributed by atoms with Crippen LogP contribution >= 0.6 is 41.2 Å². The Kier molecular flexibility index (Phi) is 30.0. The normalized spacial score (nSPS) is 13.1. The molecule has 0 fully saturated rings. The molecule has 0 aliphatic carbocycles. The molecule has 0 aliphatic rings. The molecule has 0 amide bonds. The van der Waals surface area contributed by atoms with E-state index in [-0.39, 0.29) is 10.8 Å².